The van der Waals surface area contributed by atoms with Crippen molar-refractivity contribution in [1.29, 1.82) is 0 Å². The van der Waals surface area contributed by atoms with Gasteiger partial charge in [0.25, 0.3) is 0 Å². The van der Waals surface area contributed by atoms with Crippen LogP contribution in [0.1, 0.15) is 19.8 Å². The number of sulfonamides is 1. The van der Waals surface area contributed by atoms with Crippen LogP contribution >= 0.6 is 0 Å². The number of nitrogens with two attached hydrogens (primary N) is 1. The number of carbonyl (C=O) groups is 2. The predicted molar refractivity (Wildman–Crippen MR) is 94.3 cm³/mol. The SMILES string of the molecule is CC(=O)Nc1ccc(S(=O)(=O)N2CCCC(C(=O)NCCN)C2)cc1. The zero-order valence-electron chi connectivity index (χ0n) is 14.2. The third kappa shape index (κ3) is 5.00. The van der Waals surface area contributed by atoms with Crippen LogP contribution in [0.2, 0.25) is 0 Å². The van der Waals surface area contributed by atoms with E-state index in [1.54, 1.807) is 12.1 Å². The third-order valence-corrected chi connectivity index (χ3v) is 5.89. The molecule has 0 aliphatic carbocycles. The maximum absolute atomic E-state index is 12.8. The second kappa shape index (κ2) is 8.41. The van der Waals surface area contributed by atoms with Gasteiger partial charge in [-0.2, -0.15) is 4.31 Å². The average Bonchev–Trinajstić information content (AvgIpc) is 2.59. The summed E-state index contributed by atoms with van der Waals surface area (Å²) in [5.74, 6) is -0.752. The van der Waals surface area contributed by atoms with Gasteiger partial charge in [0.1, 0.15) is 0 Å². The number of benzene rings is 1. The van der Waals surface area contributed by atoms with Gasteiger partial charge in [0.15, 0.2) is 0 Å². The van der Waals surface area contributed by atoms with Gasteiger partial charge in [-0.05, 0) is 37.1 Å². The quantitative estimate of drug-likeness (QED) is 0.658. The molecule has 9 heteroatoms. The zero-order chi connectivity index (χ0) is 18.4. The normalized spacial score (nSPS) is 18.6. The monoisotopic (exact) mass is 368 g/mol. The molecular formula is C16H24N4O4S. The molecule has 0 radical (unpaired) electrons. The Bertz CT molecular complexity index is 718. The topological polar surface area (TPSA) is 122 Å². The smallest absolute Gasteiger partial charge is 0.243 e. The number of hydrogen-bond acceptors (Lipinski definition) is 5. The van der Waals surface area contributed by atoms with Crippen molar-refractivity contribution in [2.24, 2.45) is 11.7 Å². The number of anilines is 1. The summed E-state index contributed by atoms with van der Waals surface area (Å²) in [5.41, 5.74) is 5.91. The van der Waals surface area contributed by atoms with E-state index in [1.165, 1.54) is 23.4 Å². The van der Waals surface area contributed by atoms with Gasteiger partial charge < -0.3 is 16.4 Å². The van der Waals surface area contributed by atoms with E-state index < -0.39 is 10.0 Å². The van der Waals surface area contributed by atoms with Crippen LogP contribution in [0.25, 0.3) is 0 Å². The van der Waals surface area contributed by atoms with E-state index in [1.807, 2.05) is 0 Å². The van der Waals surface area contributed by atoms with E-state index in [-0.39, 0.29) is 29.2 Å². The Labute approximate surface area is 147 Å². The first-order chi connectivity index (χ1) is 11.8. The van der Waals surface area contributed by atoms with Gasteiger partial charge in [0, 0.05) is 38.8 Å². The van der Waals surface area contributed by atoms with E-state index in [4.69, 9.17) is 5.73 Å². The van der Waals surface area contributed by atoms with Gasteiger partial charge in [-0.1, -0.05) is 0 Å². The van der Waals surface area contributed by atoms with Crippen LogP contribution in [0, 0.1) is 5.92 Å². The molecule has 0 spiro atoms. The Morgan fingerprint density at radius 2 is 1.96 bits per heavy atom. The Balaban J connectivity index is 2.10. The van der Waals surface area contributed by atoms with Crippen LogP contribution in [0.3, 0.4) is 0 Å². The van der Waals surface area contributed by atoms with Gasteiger partial charge in [0.2, 0.25) is 21.8 Å². The fraction of sp³-hybridized carbons (Fsp3) is 0.500. The molecule has 1 atom stereocenters. The summed E-state index contributed by atoms with van der Waals surface area (Å²) in [6, 6.07) is 6.00. The summed E-state index contributed by atoms with van der Waals surface area (Å²) >= 11 is 0. The summed E-state index contributed by atoms with van der Waals surface area (Å²) in [6.45, 7) is 2.66. The van der Waals surface area contributed by atoms with Crippen LogP contribution in [0.4, 0.5) is 5.69 Å². The van der Waals surface area contributed by atoms with Gasteiger partial charge in [0.05, 0.1) is 10.8 Å². The summed E-state index contributed by atoms with van der Waals surface area (Å²) in [4.78, 5) is 23.3. The van der Waals surface area contributed by atoms with Crippen molar-refractivity contribution in [1.82, 2.24) is 9.62 Å². The van der Waals surface area contributed by atoms with E-state index in [0.717, 1.165) is 0 Å². The molecule has 4 N–H and O–H groups in total. The molecular weight excluding hydrogens is 344 g/mol. The minimum absolute atomic E-state index is 0.143. The van der Waals surface area contributed by atoms with E-state index in [9.17, 15) is 18.0 Å². The van der Waals surface area contributed by atoms with Crippen molar-refractivity contribution in [3.05, 3.63) is 24.3 Å². The Hall–Kier alpha value is -1.97. The third-order valence-electron chi connectivity index (χ3n) is 4.01. The predicted octanol–water partition coefficient (Wildman–Crippen LogP) is 0.121. The number of nitrogens with one attached hydrogen (secondary N) is 2. The maximum atomic E-state index is 12.8. The van der Waals surface area contributed by atoms with Gasteiger partial charge in [-0.3, -0.25) is 9.59 Å². The van der Waals surface area contributed by atoms with Crippen molar-refractivity contribution >= 4 is 27.5 Å². The Morgan fingerprint density at radius 3 is 2.56 bits per heavy atom. The van der Waals surface area contributed by atoms with E-state index >= 15 is 0 Å². The number of hydrogen-bond donors (Lipinski definition) is 3. The van der Waals surface area contributed by atoms with Crippen molar-refractivity contribution < 1.29 is 18.0 Å². The molecule has 1 aromatic rings. The van der Waals surface area contributed by atoms with Gasteiger partial charge in [-0.15, -0.1) is 0 Å². The van der Waals surface area contributed by atoms with Crippen LogP contribution in [-0.2, 0) is 19.6 Å². The van der Waals surface area contributed by atoms with Gasteiger partial charge in [-0.25, -0.2) is 8.42 Å². The lowest BCUT2D eigenvalue weighted by molar-refractivity contribution is -0.126. The highest BCUT2D eigenvalue weighted by molar-refractivity contribution is 7.89. The largest absolute Gasteiger partial charge is 0.355 e. The summed E-state index contributed by atoms with van der Waals surface area (Å²) in [7, 11) is -3.68. The molecule has 1 fully saturated rings. The van der Waals surface area contributed by atoms with Crippen LogP contribution in [0.5, 0.6) is 0 Å². The first-order valence-corrected chi connectivity index (χ1v) is 9.64. The summed E-state index contributed by atoms with van der Waals surface area (Å²) < 4.78 is 26.9. The Morgan fingerprint density at radius 1 is 1.28 bits per heavy atom. The second-order valence-corrected chi connectivity index (χ2v) is 7.93. The first-order valence-electron chi connectivity index (χ1n) is 8.20. The van der Waals surface area contributed by atoms with Crippen LogP contribution < -0.4 is 16.4 Å². The second-order valence-electron chi connectivity index (χ2n) is 5.99. The highest BCUT2D eigenvalue weighted by Gasteiger charge is 2.33. The van der Waals surface area contributed by atoms with Crippen molar-refractivity contribution in [2.45, 2.75) is 24.7 Å². The van der Waals surface area contributed by atoms with Crippen LogP contribution in [0.15, 0.2) is 29.2 Å². The van der Waals surface area contributed by atoms with Crippen molar-refractivity contribution in [3.8, 4) is 0 Å². The molecule has 138 valence electrons. The molecule has 1 saturated heterocycles. The molecule has 0 bridgehead atoms. The minimum atomic E-state index is -3.68. The summed E-state index contributed by atoms with van der Waals surface area (Å²) in [6.07, 6.45) is 1.29. The lowest BCUT2D eigenvalue weighted by Crippen LogP contribution is -2.46. The number of piperidine rings is 1. The van der Waals surface area contributed by atoms with E-state index in [2.05, 4.69) is 10.6 Å². The molecule has 0 saturated carbocycles. The maximum Gasteiger partial charge on any atom is 0.243 e. The highest BCUT2D eigenvalue weighted by Crippen LogP contribution is 2.24. The standard InChI is InChI=1S/C16H24N4O4S/c1-12(21)19-14-4-6-15(7-5-14)25(23,24)20-10-2-3-13(11-20)16(22)18-9-8-17/h4-7,13H,2-3,8-11,17H2,1H3,(H,18,22)(H,19,21). The zero-order valence-corrected chi connectivity index (χ0v) is 15.0. The fourth-order valence-electron chi connectivity index (χ4n) is 2.78. The Kier molecular flexibility index (Phi) is 6.51. The lowest BCUT2D eigenvalue weighted by Gasteiger charge is -2.31. The van der Waals surface area contributed by atoms with Crippen molar-refractivity contribution in [3.63, 3.8) is 0 Å². The molecule has 2 amide bonds. The lowest BCUT2D eigenvalue weighted by atomic mass is 9.99. The fourth-order valence-corrected chi connectivity index (χ4v) is 4.30. The summed E-state index contributed by atoms with van der Waals surface area (Å²) in [5, 5.41) is 5.31. The average molecular weight is 368 g/mol. The minimum Gasteiger partial charge on any atom is -0.355 e. The van der Waals surface area contributed by atoms with E-state index in [0.29, 0.717) is 38.2 Å². The molecule has 1 aliphatic heterocycles. The highest BCUT2D eigenvalue weighted by atomic mass is 32.2. The number of nitrogens with zero attached hydrogens (tertiary/aromatic N) is 1. The van der Waals surface area contributed by atoms with Gasteiger partial charge >= 0.3 is 0 Å². The number of rotatable bonds is 6. The number of carbonyl (C=O) groups excluding carboxylic acids is 2. The van der Waals surface area contributed by atoms with Crippen LogP contribution in [-0.4, -0.2) is 50.7 Å². The number of amides is 2. The molecule has 1 aliphatic rings. The molecule has 0 aromatic heterocycles. The molecule has 25 heavy (non-hydrogen) atoms. The molecule has 1 unspecified atom stereocenters. The molecule has 2 rings (SSSR count). The first kappa shape index (κ1) is 19.4. The molecule has 1 aromatic carbocycles. The molecule has 1 heterocycles. The van der Waals surface area contributed by atoms with Crippen molar-refractivity contribution in [2.75, 3.05) is 31.5 Å². The molecule has 8 nitrogen and oxygen atoms in total.